The lowest BCUT2D eigenvalue weighted by Crippen LogP contribution is -2.06. The Morgan fingerprint density at radius 3 is 2.40 bits per heavy atom. The lowest BCUT2D eigenvalue weighted by atomic mass is 9.96. The molecule has 0 spiro atoms. The molecule has 0 aliphatic heterocycles. The van der Waals surface area contributed by atoms with Gasteiger partial charge in [-0.25, -0.2) is 0 Å². The smallest absolute Gasteiger partial charge is 0.0112 e. The van der Waals surface area contributed by atoms with E-state index in [9.17, 15) is 0 Å². The van der Waals surface area contributed by atoms with Gasteiger partial charge in [-0.1, -0.05) is 55.8 Å². The van der Waals surface area contributed by atoms with Crippen LogP contribution in [-0.2, 0) is 0 Å². The zero-order valence-corrected chi connectivity index (χ0v) is 9.48. The molecule has 1 fully saturated rings. The van der Waals surface area contributed by atoms with E-state index in [0.29, 0.717) is 17.9 Å². The number of hydrogen-bond acceptors (Lipinski definition) is 1. The minimum Gasteiger partial charge on any atom is -0.327 e. The minimum atomic E-state index is 0.405. The molecule has 0 radical (unpaired) electrons. The van der Waals surface area contributed by atoms with Crippen molar-refractivity contribution in [3.63, 3.8) is 0 Å². The number of nitrogens with two attached hydrogens (primary N) is 1. The molecule has 0 amide bonds. The van der Waals surface area contributed by atoms with E-state index in [1.807, 2.05) is 0 Å². The Labute approximate surface area is 92.0 Å². The van der Waals surface area contributed by atoms with Gasteiger partial charge in [-0.05, 0) is 23.8 Å². The van der Waals surface area contributed by atoms with Gasteiger partial charge in [0, 0.05) is 6.04 Å². The average molecular weight is 201 g/mol. The van der Waals surface area contributed by atoms with Crippen molar-refractivity contribution in [3.8, 4) is 0 Å². The Bertz CT molecular complexity index is 351. The molecule has 2 N–H and O–H groups in total. The Kier molecular flexibility index (Phi) is 2.92. The van der Waals surface area contributed by atoms with Crippen molar-refractivity contribution < 1.29 is 0 Å². The summed E-state index contributed by atoms with van der Waals surface area (Å²) in [5, 5.41) is 0. The van der Waals surface area contributed by atoms with Crippen molar-refractivity contribution in [1.29, 1.82) is 0 Å². The van der Waals surface area contributed by atoms with Crippen LogP contribution in [0.1, 0.15) is 25.8 Å². The van der Waals surface area contributed by atoms with E-state index in [1.165, 1.54) is 11.1 Å². The largest absolute Gasteiger partial charge is 0.327 e. The fourth-order valence-electron chi connectivity index (χ4n) is 2.04. The van der Waals surface area contributed by atoms with Crippen LogP contribution in [0.25, 0.3) is 6.08 Å². The molecule has 0 bridgehead atoms. The maximum atomic E-state index is 5.92. The van der Waals surface area contributed by atoms with Gasteiger partial charge in [0.15, 0.2) is 0 Å². The van der Waals surface area contributed by atoms with Gasteiger partial charge in [0.05, 0.1) is 0 Å². The van der Waals surface area contributed by atoms with E-state index in [1.54, 1.807) is 0 Å². The number of benzene rings is 1. The van der Waals surface area contributed by atoms with Crippen LogP contribution in [0, 0.1) is 11.8 Å². The molecule has 15 heavy (non-hydrogen) atoms. The molecule has 2 rings (SSSR count). The number of rotatable bonds is 3. The van der Waals surface area contributed by atoms with Gasteiger partial charge in [0.1, 0.15) is 0 Å². The molecule has 1 nitrogen and oxygen atoms in total. The molecule has 1 aromatic carbocycles. The molecule has 80 valence electrons. The number of hydrogen-bond donors (Lipinski definition) is 1. The highest BCUT2D eigenvalue weighted by molar-refractivity contribution is 5.55. The van der Waals surface area contributed by atoms with E-state index in [-0.39, 0.29) is 0 Å². The standard InChI is InChI=1S/C14H19N/c1-10(2)12(13-9-14(13)15)8-11-6-4-3-5-7-11/h3-8,10,13-14H,9,15H2,1-2H3/b12-8+/t13-,14+/m1/s1. The van der Waals surface area contributed by atoms with Crippen LogP contribution in [0.4, 0.5) is 0 Å². The quantitative estimate of drug-likeness (QED) is 0.799. The molecular formula is C14H19N. The van der Waals surface area contributed by atoms with Crippen molar-refractivity contribution in [1.82, 2.24) is 0 Å². The maximum Gasteiger partial charge on any atom is 0.0112 e. The highest BCUT2D eigenvalue weighted by Crippen LogP contribution is 2.39. The third-order valence-corrected chi connectivity index (χ3v) is 3.07. The fraction of sp³-hybridized carbons (Fsp3) is 0.429. The molecule has 1 aromatic rings. The topological polar surface area (TPSA) is 26.0 Å². The second-order valence-electron chi connectivity index (χ2n) is 4.72. The molecule has 1 aliphatic carbocycles. The second kappa shape index (κ2) is 4.19. The summed E-state index contributed by atoms with van der Waals surface area (Å²) in [6.45, 7) is 4.50. The van der Waals surface area contributed by atoms with E-state index in [4.69, 9.17) is 5.73 Å². The lowest BCUT2D eigenvalue weighted by Gasteiger charge is -2.10. The van der Waals surface area contributed by atoms with Crippen molar-refractivity contribution in [2.24, 2.45) is 17.6 Å². The van der Waals surface area contributed by atoms with E-state index in [0.717, 1.165) is 6.42 Å². The SMILES string of the molecule is CC(C)/C(=C\c1ccccc1)[C@H]1C[C@@H]1N. The van der Waals surface area contributed by atoms with Crippen LogP contribution in [0.2, 0.25) is 0 Å². The average Bonchev–Trinajstić information content (AvgIpc) is 2.93. The third kappa shape index (κ3) is 2.48. The Morgan fingerprint density at radius 1 is 1.33 bits per heavy atom. The van der Waals surface area contributed by atoms with Crippen LogP contribution < -0.4 is 5.73 Å². The van der Waals surface area contributed by atoms with Gasteiger partial charge in [0.25, 0.3) is 0 Å². The maximum absolute atomic E-state index is 5.92. The summed E-state index contributed by atoms with van der Waals surface area (Å²) in [6.07, 6.45) is 3.47. The van der Waals surface area contributed by atoms with Gasteiger partial charge in [0.2, 0.25) is 0 Å². The monoisotopic (exact) mass is 201 g/mol. The Balaban J connectivity index is 2.21. The van der Waals surface area contributed by atoms with E-state index >= 15 is 0 Å². The van der Waals surface area contributed by atoms with Crippen molar-refractivity contribution >= 4 is 6.08 Å². The first kappa shape index (κ1) is 10.4. The molecule has 2 atom stereocenters. The molecule has 1 saturated carbocycles. The molecule has 0 unspecified atom stereocenters. The Morgan fingerprint density at radius 2 is 1.93 bits per heavy atom. The van der Waals surface area contributed by atoms with E-state index in [2.05, 4.69) is 50.3 Å². The van der Waals surface area contributed by atoms with Gasteiger partial charge in [-0.2, -0.15) is 0 Å². The van der Waals surface area contributed by atoms with Gasteiger partial charge < -0.3 is 5.73 Å². The molecule has 0 heterocycles. The summed E-state index contributed by atoms with van der Waals surface area (Å²) < 4.78 is 0. The minimum absolute atomic E-state index is 0.405. The predicted octanol–water partition coefficient (Wildman–Crippen LogP) is 3.07. The van der Waals surface area contributed by atoms with Crippen LogP contribution in [0.15, 0.2) is 35.9 Å². The fourth-order valence-corrected chi connectivity index (χ4v) is 2.04. The highest BCUT2D eigenvalue weighted by atomic mass is 14.7. The van der Waals surface area contributed by atoms with Crippen LogP contribution >= 0.6 is 0 Å². The van der Waals surface area contributed by atoms with Gasteiger partial charge in [-0.15, -0.1) is 0 Å². The molecule has 1 heteroatoms. The summed E-state index contributed by atoms with van der Waals surface area (Å²) in [4.78, 5) is 0. The first-order valence-corrected chi connectivity index (χ1v) is 5.70. The summed E-state index contributed by atoms with van der Waals surface area (Å²) >= 11 is 0. The molecule has 0 aromatic heterocycles. The predicted molar refractivity (Wildman–Crippen MR) is 65.3 cm³/mol. The Hall–Kier alpha value is -1.08. The zero-order valence-electron chi connectivity index (χ0n) is 9.48. The summed E-state index contributed by atoms with van der Waals surface area (Å²) in [6, 6.07) is 10.9. The second-order valence-corrected chi connectivity index (χ2v) is 4.72. The summed E-state index contributed by atoms with van der Waals surface area (Å²) in [7, 11) is 0. The third-order valence-electron chi connectivity index (χ3n) is 3.07. The lowest BCUT2D eigenvalue weighted by molar-refractivity contribution is 0.699. The first-order chi connectivity index (χ1) is 7.18. The van der Waals surface area contributed by atoms with Crippen LogP contribution in [0.5, 0.6) is 0 Å². The molecule has 0 saturated heterocycles. The summed E-state index contributed by atoms with van der Waals surface area (Å²) in [5.74, 6) is 1.23. The van der Waals surface area contributed by atoms with Crippen LogP contribution in [-0.4, -0.2) is 6.04 Å². The highest BCUT2D eigenvalue weighted by Gasteiger charge is 2.37. The van der Waals surface area contributed by atoms with Crippen molar-refractivity contribution in [2.45, 2.75) is 26.3 Å². The van der Waals surface area contributed by atoms with Gasteiger partial charge in [-0.3, -0.25) is 0 Å². The van der Waals surface area contributed by atoms with Gasteiger partial charge >= 0.3 is 0 Å². The molecular weight excluding hydrogens is 182 g/mol. The van der Waals surface area contributed by atoms with E-state index < -0.39 is 0 Å². The summed E-state index contributed by atoms with van der Waals surface area (Å²) in [5.41, 5.74) is 8.72. The van der Waals surface area contributed by atoms with Crippen LogP contribution in [0.3, 0.4) is 0 Å². The normalized spacial score (nSPS) is 25.7. The van der Waals surface area contributed by atoms with Crippen molar-refractivity contribution in [3.05, 3.63) is 41.5 Å². The molecule has 1 aliphatic rings. The zero-order chi connectivity index (χ0) is 10.8. The van der Waals surface area contributed by atoms with Crippen molar-refractivity contribution in [2.75, 3.05) is 0 Å². The first-order valence-electron chi connectivity index (χ1n) is 5.70.